The van der Waals surface area contributed by atoms with E-state index in [4.69, 9.17) is 0 Å². The number of aryl methyl sites for hydroxylation is 1. The fourth-order valence-corrected chi connectivity index (χ4v) is 5.20. The highest BCUT2D eigenvalue weighted by Gasteiger charge is 2.29. The van der Waals surface area contributed by atoms with Gasteiger partial charge >= 0.3 is 0 Å². The monoisotopic (exact) mass is 395 g/mol. The van der Waals surface area contributed by atoms with E-state index >= 15 is 0 Å². The number of piperidine rings is 1. The van der Waals surface area contributed by atoms with Gasteiger partial charge in [0.1, 0.15) is 0 Å². The molecule has 0 bridgehead atoms. The molecular weight excluding hydrogens is 370 g/mol. The van der Waals surface area contributed by atoms with Crippen LogP contribution < -0.4 is 5.32 Å². The Morgan fingerprint density at radius 3 is 2.54 bits per heavy atom. The van der Waals surface area contributed by atoms with Crippen molar-refractivity contribution in [1.29, 1.82) is 0 Å². The van der Waals surface area contributed by atoms with Crippen LogP contribution in [-0.4, -0.2) is 36.8 Å². The summed E-state index contributed by atoms with van der Waals surface area (Å²) in [5, 5.41) is 4.76. The number of aromatic nitrogens is 1. The number of nitrogens with zero attached hydrogens (tertiary/aromatic N) is 2. The van der Waals surface area contributed by atoms with Gasteiger partial charge in [-0.2, -0.15) is 4.31 Å². The third-order valence-electron chi connectivity index (χ3n) is 5.43. The van der Waals surface area contributed by atoms with E-state index < -0.39 is 10.0 Å². The van der Waals surface area contributed by atoms with Gasteiger partial charge in [-0.15, -0.1) is 0 Å². The Hall–Kier alpha value is -2.28. The standard InChI is InChI=1S/C22H25N3O2S/c1-17-7-9-20(10-8-17)28(26,27)25-14-11-19(12-15-25)24-16-18-4-2-6-22-21(18)5-3-13-23-22/h2-10,13,19,24H,11-12,14-16H2,1H3. The van der Waals surface area contributed by atoms with Crippen LogP contribution in [0, 0.1) is 6.92 Å². The lowest BCUT2D eigenvalue weighted by Gasteiger charge is -2.32. The molecule has 0 amide bonds. The van der Waals surface area contributed by atoms with Crippen LogP contribution >= 0.6 is 0 Å². The Labute approximate surface area is 166 Å². The summed E-state index contributed by atoms with van der Waals surface area (Å²) in [7, 11) is -3.40. The summed E-state index contributed by atoms with van der Waals surface area (Å²) >= 11 is 0. The highest BCUT2D eigenvalue weighted by molar-refractivity contribution is 7.89. The maximum Gasteiger partial charge on any atom is 0.243 e. The van der Waals surface area contributed by atoms with Crippen molar-refractivity contribution in [2.45, 2.75) is 37.2 Å². The first-order chi connectivity index (χ1) is 13.5. The Balaban J connectivity index is 1.37. The van der Waals surface area contributed by atoms with E-state index in [1.54, 1.807) is 16.4 Å². The predicted octanol–water partition coefficient (Wildman–Crippen LogP) is 3.49. The highest BCUT2D eigenvalue weighted by atomic mass is 32.2. The molecule has 28 heavy (non-hydrogen) atoms. The lowest BCUT2D eigenvalue weighted by atomic mass is 10.0. The van der Waals surface area contributed by atoms with Crippen LogP contribution in [0.25, 0.3) is 10.9 Å². The average molecular weight is 396 g/mol. The van der Waals surface area contributed by atoms with Crippen molar-refractivity contribution in [3.05, 3.63) is 71.9 Å². The largest absolute Gasteiger partial charge is 0.310 e. The van der Waals surface area contributed by atoms with Gasteiger partial charge in [-0.3, -0.25) is 4.98 Å². The summed E-state index contributed by atoms with van der Waals surface area (Å²) < 4.78 is 27.3. The van der Waals surface area contributed by atoms with Crippen LogP contribution in [0.15, 0.2) is 65.7 Å². The molecule has 2 aromatic carbocycles. The Bertz CT molecular complexity index is 1050. The lowest BCUT2D eigenvalue weighted by Crippen LogP contribution is -2.44. The predicted molar refractivity (Wildman–Crippen MR) is 112 cm³/mol. The number of hydrogen-bond acceptors (Lipinski definition) is 4. The van der Waals surface area contributed by atoms with Gasteiger partial charge in [-0.1, -0.05) is 35.9 Å². The maximum absolute atomic E-state index is 12.8. The Kier molecular flexibility index (Phi) is 5.44. The summed E-state index contributed by atoms with van der Waals surface area (Å²) in [6.45, 7) is 3.81. The fourth-order valence-electron chi connectivity index (χ4n) is 3.74. The van der Waals surface area contributed by atoms with Crippen molar-refractivity contribution in [2.75, 3.05) is 13.1 Å². The topological polar surface area (TPSA) is 62.3 Å². The first kappa shape index (κ1) is 19.1. The maximum atomic E-state index is 12.8. The molecule has 1 aliphatic heterocycles. The van der Waals surface area contributed by atoms with E-state index in [2.05, 4.69) is 22.4 Å². The SMILES string of the molecule is Cc1ccc(S(=O)(=O)N2CCC(NCc3cccc4ncccc34)CC2)cc1. The molecular formula is C22H25N3O2S. The van der Waals surface area contributed by atoms with Crippen molar-refractivity contribution in [1.82, 2.24) is 14.6 Å². The molecule has 0 radical (unpaired) electrons. The molecule has 1 aliphatic rings. The molecule has 0 unspecified atom stereocenters. The molecule has 3 aromatic rings. The molecule has 1 saturated heterocycles. The van der Waals surface area contributed by atoms with Crippen LogP contribution in [0.2, 0.25) is 0 Å². The van der Waals surface area contributed by atoms with Crippen LogP contribution in [0.5, 0.6) is 0 Å². The molecule has 5 nitrogen and oxygen atoms in total. The van der Waals surface area contributed by atoms with Gasteiger partial charge in [0, 0.05) is 37.3 Å². The first-order valence-electron chi connectivity index (χ1n) is 9.67. The summed E-state index contributed by atoms with van der Waals surface area (Å²) in [5.74, 6) is 0. The minimum Gasteiger partial charge on any atom is -0.310 e. The first-order valence-corrected chi connectivity index (χ1v) is 11.1. The summed E-state index contributed by atoms with van der Waals surface area (Å²) in [5.41, 5.74) is 3.28. The number of hydrogen-bond donors (Lipinski definition) is 1. The normalized spacial score (nSPS) is 16.5. The Morgan fingerprint density at radius 1 is 1.04 bits per heavy atom. The highest BCUT2D eigenvalue weighted by Crippen LogP contribution is 2.22. The van der Waals surface area contributed by atoms with Crippen molar-refractivity contribution in [3.63, 3.8) is 0 Å². The van der Waals surface area contributed by atoms with E-state index in [-0.39, 0.29) is 0 Å². The quantitative estimate of drug-likeness (QED) is 0.718. The zero-order valence-corrected chi connectivity index (χ0v) is 16.8. The number of rotatable bonds is 5. The van der Waals surface area contributed by atoms with Crippen molar-refractivity contribution in [3.8, 4) is 0 Å². The second-order valence-corrected chi connectivity index (χ2v) is 9.30. The van der Waals surface area contributed by atoms with E-state index in [0.717, 1.165) is 35.9 Å². The summed E-state index contributed by atoms with van der Waals surface area (Å²) in [4.78, 5) is 4.79. The summed E-state index contributed by atoms with van der Waals surface area (Å²) in [6, 6.07) is 17.6. The van der Waals surface area contributed by atoms with Gasteiger partial charge in [0.25, 0.3) is 0 Å². The van der Waals surface area contributed by atoms with Gasteiger partial charge < -0.3 is 5.32 Å². The summed E-state index contributed by atoms with van der Waals surface area (Å²) in [6.07, 6.45) is 3.44. The van der Waals surface area contributed by atoms with Gasteiger partial charge in [-0.05, 0) is 49.6 Å². The van der Waals surface area contributed by atoms with E-state index in [9.17, 15) is 8.42 Å². The van der Waals surface area contributed by atoms with E-state index in [1.807, 2.05) is 43.5 Å². The number of benzene rings is 2. The van der Waals surface area contributed by atoms with Crippen LogP contribution in [0.3, 0.4) is 0 Å². The minimum atomic E-state index is -3.40. The average Bonchev–Trinajstić information content (AvgIpc) is 2.73. The lowest BCUT2D eigenvalue weighted by molar-refractivity contribution is 0.289. The Morgan fingerprint density at radius 2 is 1.79 bits per heavy atom. The number of nitrogens with one attached hydrogen (secondary N) is 1. The number of fused-ring (bicyclic) bond motifs is 1. The van der Waals surface area contributed by atoms with Gasteiger partial charge in [0.2, 0.25) is 10.0 Å². The fraction of sp³-hybridized carbons (Fsp3) is 0.318. The zero-order chi connectivity index (χ0) is 19.6. The third-order valence-corrected chi connectivity index (χ3v) is 7.34. The molecule has 0 atom stereocenters. The molecule has 0 aliphatic carbocycles. The van der Waals surface area contributed by atoms with E-state index in [0.29, 0.717) is 24.0 Å². The number of pyridine rings is 1. The third kappa shape index (κ3) is 3.94. The van der Waals surface area contributed by atoms with Gasteiger partial charge in [0.15, 0.2) is 0 Å². The second-order valence-electron chi connectivity index (χ2n) is 7.36. The molecule has 1 aromatic heterocycles. The zero-order valence-electron chi connectivity index (χ0n) is 16.0. The molecule has 2 heterocycles. The molecule has 4 rings (SSSR count). The van der Waals surface area contributed by atoms with E-state index in [1.165, 1.54) is 5.56 Å². The van der Waals surface area contributed by atoms with Crippen LogP contribution in [0.4, 0.5) is 0 Å². The molecule has 1 fully saturated rings. The minimum absolute atomic E-state index is 0.316. The van der Waals surface area contributed by atoms with Crippen LogP contribution in [0.1, 0.15) is 24.0 Å². The van der Waals surface area contributed by atoms with Gasteiger partial charge in [0.05, 0.1) is 10.4 Å². The van der Waals surface area contributed by atoms with Crippen LogP contribution in [-0.2, 0) is 16.6 Å². The molecule has 0 spiro atoms. The van der Waals surface area contributed by atoms with Crippen molar-refractivity contribution in [2.24, 2.45) is 0 Å². The molecule has 146 valence electrons. The molecule has 6 heteroatoms. The smallest absolute Gasteiger partial charge is 0.243 e. The molecule has 1 N–H and O–H groups in total. The van der Waals surface area contributed by atoms with Crippen molar-refractivity contribution < 1.29 is 8.42 Å². The van der Waals surface area contributed by atoms with Crippen molar-refractivity contribution >= 4 is 20.9 Å². The van der Waals surface area contributed by atoms with Gasteiger partial charge in [-0.25, -0.2) is 8.42 Å². The molecule has 0 saturated carbocycles. The second kappa shape index (κ2) is 7.99. The number of sulfonamides is 1.